The second-order valence-electron chi connectivity index (χ2n) is 4.40. The molecule has 0 aromatic carbocycles. The Morgan fingerprint density at radius 2 is 1.85 bits per heavy atom. The molecule has 0 aliphatic carbocycles. The maximum absolute atomic E-state index is 8.52. The van der Waals surface area contributed by atoms with Crippen LogP contribution in [0.5, 0.6) is 0 Å². The van der Waals surface area contributed by atoms with E-state index in [4.69, 9.17) is 5.26 Å². The van der Waals surface area contributed by atoms with Crippen molar-refractivity contribution >= 4 is 0 Å². The third kappa shape index (κ3) is 2.70. The topological polar surface area (TPSA) is 27.0 Å². The van der Waals surface area contributed by atoms with Gasteiger partial charge in [0.25, 0.3) is 0 Å². The predicted molar refractivity (Wildman–Crippen MR) is 54.3 cm³/mol. The van der Waals surface area contributed by atoms with Gasteiger partial charge in [-0.25, -0.2) is 0 Å². The van der Waals surface area contributed by atoms with Crippen molar-refractivity contribution in [1.29, 1.82) is 5.26 Å². The molecule has 3 atom stereocenters. The van der Waals surface area contributed by atoms with Gasteiger partial charge in [-0.3, -0.25) is 0 Å². The molecule has 1 aliphatic rings. The Bertz CT molecular complexity index is 183. The van der Waals surface area contributed by atoms with Gasteiger partial charge in [0.2, 0.25) is 0 Å². The number of hydrogen-bond acceptors (Lipinski definition) is 2. The van der Waals surface area contributed by atoms with Gasteiger partial charge in [-0.15, -0.1) is 0 Å². The number of nitriles is 1. The minimum absolute atomic E-state index is 0.687. The molecule has 1 saturated heterocycles. The Morgan fingerprint density at radius 3 is 2.31 bits per heavy atom. The van der Waals surface area contributed by atoms with Gasteiger partial charge in [0.1, 0.15) is 0 Å². The average molecular weight is 180 g/mol. The van der Waals surface area contributed by atoms with Crippen LogP contribution in [-0.2, 0) is 0 Å². The van der Waals surface area contributed by atoms with Crippen LogP contribution in [0.4, 0.5) is 0 Å². The first kappa shape index (κ1) is 10.5. The van der Waals surface area contributed by atoms with Crippen LogP contribution < -0.4 is 0 Å². The Hall–Kier alpha value is -0.550. The number of piperidine rings is 1. The van der Waals surface area contributed by atoms with E-state index in [1.807, 2.05) is 0 Å². The lowest BCUT2D eigenvalue weighted by Crippen LogP contribution is -2.43. The van der Waals surface area contributed by atoms with E-state index in [2.05, 4.69) is 31.9 Å². The molecule has 1 unspecified atom stereocenters. The zero-order valence-electron chi connectivity index (χ0n) is 8.95. The highest BCUT2D eigenvalue weighted by Gasteiger charge is 2.27. The summed E-state index contributed by atoms with van der Waals surface area (Å²) in [4.78, 5) is 2.45. The van der Waals surface area contributed by atoms with E-state index in [0.29, 0.717) is 12.1 Å². The molecule has 0 N–H and O–H groups in total. The standard InChI is InChI=1S/C11H20N2/c1-9-7-11(5-4-6-12)8-10(2)13(9)3/h9-11H,4-5,7-8H2,1-3H3/t9-,10+,11?. The fourth-order valence-electron chi connectivity index (χ4n) is 2.33. The van der Waals surface area contributed by atoms with Gasteiger partial charge in [0.15, 0.2) is 0 Å². The van der Waals surface area contributed by atoms with Crippen LogP contribution in [-0.4, -0.2) is 24.0 Å². The SMILES string of the molecule is C[C@@H]1CC(CCC#N)C[C@H](C)N1C. The summed E-state index contributed by atoms with van der Waals surface area (Å²) in [6.45, 7) is 4.57. The van der Waals surface area contributed by atoms with Crippen molar-refractivity contribution in [2.45, 2.75) is 51.6 Å². The maximum Gasteiger partial charge on any atom is 0.0621 e. The minimum atomic E-state index is 0.687. The molecule has 2 nitrogen and oxygen atoms in total. The number of nitrogens with zero attached hydrogens (tertiary/aromatic N) is 2. The van der Waals surface area contributed by atoms with Crippen LogP contribution in [0, 0.1) is 17.2 Å². The van der Waals surface area contributed by atoms with Gasteiger partial charge in [-0.1, -0.05) is 0 Å². The van der Waals surface area contributed by atoms with E-state index in [0.717, 1.165) is 18.8 Å². The summed E-state index contributed by atoms with van der Waals surface area (Å²) in [7, 11) is 2.20. The molecule has 2 heteroatoms. The van der Waals surface area contributed by atoms with E-state index in [1.54, 1.807) is 0 Å². The largest absolute Gasteiger partial charge is 0.301 e. The fraction of sp³-hybridized carbons (Fsp3) is 0.909. The highest BCUT2D eigenvalue weighted by Crippen LogP contribution is 2.29. The lowest BCUT2D eigenvalue weighted by Gasteiger charge is -2.40. The molecule has 0 spiro atoms. The Balaban J connectivity index is 2.40. The summed E-state index contributed by atoms with van der Waals surface area (Å²) in [5.74, 6) is 0.779. The average Bonchev–Trinajstić information content (AvgIpc) is 2.10. The van der Waals surface area contributed by atoms with Crippen molar-refractivity contribution in [1.82, 2.24) is 4.90 Å². The molecule has 0 amide bonds. The molecule has 1 heterocycles. The smallest absolute Gasteiger partial charge is 0.0621 e. The molecular weight excluding hydrogens is 160 g/mol. The second kappa shape index (κ2) is 4.62. The summed E-state index contributed by atoms with van der Waals surface area (Å²) in [6.07, 6.45) is 4.36. The van der Waals surface area contributed by atoms with E-state index in [-0.39, 0.29) is 0 Å². The molecule has 1 fully saturated rings. The lowest BCUT2D eigenvalue weighted by atomic mass is 9.85. The van der Waals surface area contributed by atoms with Gasteiger partial charge >= 0.3 is 0 Å². The zero-order chi connectivity index (χ0) is 9.84. The van der Waals surface area contributed by atoms with Crippen molar-refractivity contribution in [3.63, 3.8) is 0 Å². The van der Waals surface area contributed by atoms with Crippen molar-refractivity contribution < 1.29 is 0 Å². The molecule has 0 saturated carbocycles. The van der Waals surface area contributed by atoms with Crippen molar-refractivity contribution in [2.24, 2.45) is 5.92 Å². The van der Waals surface area contributed by atoms with Crippen LogP contribution in [0.3, 0.4) is 0 Å². The first-order valence-corrected chi connectivity index (χ1v) is 5.24. The fourth-order valence-corrected chi connectivity index (χ4v) is 2.33. The minimum Gasteiger partial charge on any atom is -0.301 e. The van der Waals surface area contributed by atoms with Crippen LogP contribution in [0.2, 0.25) is 0 Å². The molecule has 13 heavy (non-hydrogen) atoms. The lowest BCUT2D eigenvalue weighted by molar-refractivity contribution is 0.0950. The number of hydrogen-bond donors (Lipinski definition) is 0. The van der Waals surface area contributed by atoms with E-state index < -0.39 is 0 Å². The van der Waals surface area contributed by atoms with Crippen LogP contribution in [0.15, 0.2) is 0 Å². The normalized spacial score (nSPS) is 35.7. The monoisotopic (exact) mass is 180 g/mol. The first-order chi connectivity index (χ1) is 6.15. The summed E-state index contributed by atoms with van der Waals surface area (Å²) in [5.41, 5.74) is 0. The van der Waals surface area contributed by atoms with E-state index in [9.17, 15) is 0 Å². The molecule has 1 rings (SSSR count). The molecule has 1 aliphatic heterocycles. The Labute approximate surface area is 81.5 Å². The summed E-state index contributed by atoms with van der Waals surface area (Å²) < 4.78 is 0. The maximum atomic E-state index is 8.52. The number of rotatable bonds is 2. The Kier molecular flexibility index (Phi) is 3.74. The van der Waals surface area contributed by atoms with Gasteiger partial charge in [-0.2, -0.15) is 5.26 Å². The van der Waals surface area contributed by atoms with Gasteiger partial charge in [0.05, 0.1) is 6.07 Å². The third-order valence-corrected chi connectivity index (χ3v) is 3.40. The van der Waals surface area contributed by atoms with Crippen molar-refractivity contribution in [3.8, 4) is 6.07 Å². The van der Waals surface area contributed by atoms with Gasteiger partial charge in [-0.05, 0) is 46.1 Å². The second-order valence-corrected chi connectivity index (χ2v) is 4.40. The van der Waals surface area contributed by atoms with Crippen molar-refractivity contribution in [3.05, 3.63) is 0 Å². The Morgan fingerprint density at radius 1 is 1.31 bits per heavy atom. The molecule has 0 radical (unpaired) electrons. The van der Waals surface area contributed by atoms with Gasteiger partial charge < -0.3 is 4.90 Å². The van der Waals surface area contributed by atoms with Crippen LogP contribution in [0.1, 0.15) is 39.5 Å². The summed E-state index contributed by atoms with van der Waals surface area (Å²) in [5, 5.41) is 8.52. The number of likely N-dealkylation sites (tertiary alicyclic amines) is 1. The van der Waals surface area contributed by atoms with Gasteiger partial charge in [0, 0.05) is 18.5 Å². The molecule has 0 aromatic rings. The van der Waals surface area contributed by atoms with Crippen molar-refractivity contribution in [2.75, 3.05) is 7.05 Å². The quantitative estimate of drug-likeness (QED) is 0.652. The summed E-state index contributed by atoms with van der Waals surface area (Å²) in [6, 6.07) is 3.62. The molecular formula is C11H20N2. The van der Waals surface area contributed by atoms with E-state index in [1.165, 1.54) is 12.8 Å². The van der Waals surface area contributed by atoms with Crippen LogP contribution in [0.25, 0.3) is 0 Å². The molecule has 74 valence electrons. The highest BCUT2D eigenvalue weighted by molar-refractivity contribution is 4.84. The zero-order valence-corrected chi connectivity index (χ0v) is 8.95. The van der Waals surface area contributed by atoms with Crippen LogP contribution >= 0.6 is 0 Å². The third-order valence-electron chi connectivity index (χ3n) is 3.40. The predicted octanol–water partition coefficient (Wildman–Crippen LogP) is 2.41. The van der Waals surface area contributed by atoms with E-state index >= 15 is 0 Å². The molecule has 0 bridgehead atoms. The molecule has 0 aromatic heterocycles. The summed E-state index contributed by atoms with van der Waals surface area (Å²) >= 11 is 0. The first-order valence-electron chi connectivity index (χ1n) is 5.24. The highest BCUT2D eigenvalue weighted by atomic mass is 15.2.